The molecule has 0 aromatic heterocycles. The summed E-state index contributed by atoms with van der Waals surface area (Å²) in [5.41, 5.74) is 0.836. The number of hydrogen-bond acceptors (Lipinski definition) is 4. The zero-order chi connectivity index (χ0) is 17.9. The van der Waals surface area contributed by atoms with E-state index >= 15 is 0 Å². The van der Waals surface area contributed by atoms with E-state index in [9.17, 15) is 9.59 Å². The van der Waals surface area contributed by atoms with Crippen molar-refractivity contribution in [1.29, 1.82) is 0 Å². The van der Waals surface area contributed by atoms with Crippen LogP contribution in [0.5, 0.6) is 5.75 Å². The van der Waals surface area contributed by atoms with Gasteiger partial charge in [0.05, 0.1) is 19.2 Å². The number of hydrogen-bond donors (Lipinski definition) is 2. The van der Waals surface area contributed by atoms with Gasteiger partial charge >= 0.3 is 12.1 Å². The lowest BCUT2D eigenvalue weighted by atomic mass is 9.90. The van der Waals surface area contributed by atoms with Crippen LogP contribution in [0, 0.1) is 5.92 Å². The van der Waals surface area contributed by atoms with E-state index in [4.69, 9.17) is 14.6 Å². The third kappa shape index (κ3) is 5.15. The second-order valence-electron chi connectivity index (χ2n) is 7.13. The van der Waals surface area contributed by atoms with Crippen molar-refractivity contribution in [2.75, 3.05) is 12.4 Å². The highest BCUT2D eigenvalue weighted by Gasteiger charge is 2.34. The first-order valence-electron chi connectivity index (χ1n) is 8.09. The van der Waals surface area contributed by atoms with Gasteiger partial charge in [0.25, 0.3) is 0 Å². The maximum atomic E-state index is 11.9. The molecule has 1 aromatic carbocycles. The Balaban J connectivity index is 2.17. The molecule has 2 N–H and O–H groups in total. The zero-order valence-electron chi connectivity index (χ0n) is 14.6. The molecule has 0 aliphatic heterocycles. The molecule has 1 aliphatic carbocycles. The summed E-state index contributed by atoms with van der Waals surface area (Å²) in [5.74, 6) is 0.0821. The summed E-state index contributed by atoms with van der Waals surface area (Å²) in [6.07, 6.45) is 1.65. The normalized spacial score (nSPS) is 15.5. The van der Waals surface area contributed by atoms with Crippen LogP contribution in [-0.4, -0.2) is 29.9 Å². The van der Waals surface area contributed by atoms with Crippen LogP contribution < -0.4 is 10.1 Å². The quantitative estimate of drug-likeness (QED) is 0.820. The molecule has 1 aromatic rings. The predicted molar refractivity (Wildman–Crippen MR) is 90.6 cm³/mol. The Morgan fingerprint density at radius 3 is 2.50 bits per heavy atom. The monoisotopic (exact) mass is 335 g/mol. The average Bonchev–Trinajstić information content (AvgIpc) is 3.27. The molecule has 0 radical (unpaired) electrons. The first-order chi connectivity index (χ1) is 11.2. The maximum absolute atomic E-state index is 11.9. The Bertz CT molecular complexity index is 616. The second kappa shape index (κ2) is 7.11. The Morgan fingerprint density at radius 1 is 1.33 bits per heavy atom. The molecule has 0 saturated heterocycles. The number of nitrogens with one attached hydrogen (secondary N) is 1. The minimum atomic E-state index is -0.804. The minimum Gasteiger partial charge on any atom is -0.495 e. The number of carbonyl (C=O) groups is 2. The molecular weight excluding hydrogens is 310 g/mol. The van der Waals surface area contributed by atoms with Gasteiger partial charge in [0.1, 0.15) is 11.4 Å². The van der Waals surface area contributed by atoms with Gasteiger partial charge in [0, 0.05) is 0 Å². The summed E-state index contributed by atoms with van der Waals surface area (Å²) in [5, 5.41) is 11.8. The summed E-state index contributed by atoms with van der Waals surface area (Å²) in [7, 11) is 1.52. The topological polar surface area (TPSA) is 84.9 Å². The molecule has 0 bridgehead atoms. The third-order valence-corrected chi connectivity index (χ3v) is 3.87. The molecule has 2 rings (SSSR count). The molecule has 1 aliphatic rings. The smallest absolute Gasteiger partial charge is 0.412 e. The Labute approximate surface area is 142 Å². The van der Waals surface area contributed by atoms with Crippen molar-refractivity contribution in [3.63, 3.8) is 0 Å². The van der Waals surface area contributed by atoms with Crippen molar-refractivity contribution < 1.29 is 24.2 Å². The average molecular weight is 335 g/mol. The second-order valence-corrected chi connectivity index (χ2v) is 7.13. The number of rotatable bonds is 6. The fourth-order valence-electron chi connectivity index (χ4n) is 2.70. The number of benzene rings is 1. The molecule has 1 saturated carbocycles. The molecule has 132 valence electrons. The Kier molecular flexibility index (Phi) is 5.36. The Hall–Kier alpha value is -2.24. The van der Waals surface area contributed by atoms with Crippen LogP contribution in [0.1, 0.15) is 51.5 Å². The van der Waals surface area contributed by atoms with E-state index in [1.54, 1.807) is 32.9 Å². The van der Waals surface area contributed by atoms with E-state index in [2.05, 4.69) is 5.32 Å². The highest BCUT2D eigenvalue weighted by atomic mass is 16.6. The minimum absolute atomic E-state index is 0.0213. The van der Waals surface area contributed by atoms with E-state index in [1.165, 1.54) is 7.11 Å². The summed E-state index contributed by atoms with van der Waals surface area (Å²) >= 11 is 0. The highest BCUT2D eigenvalue weighted by molar-refractivity contribution is 5.87. The molecule has 1 atom stereocenters. The summed E-state index contributed by atoms with van der Waals surface area (Å²) in [4.78, 5) is 23.0. The largest absolute Gasteiger partial charge is 0.495 e. The van der Waals surface area contributed by atoms with Crippen LogP contribution >= 0.6 is 0 Å². The number of aliphatic carboxylic acids is 1. The van der Waals surface area contributed by atoms with Gasteiger partial charge < -0.3 is 14.6 Å². The number of ether oxygens (including phenoxy) is 2. The molecule has 1 fully saturated rings. The van der Waals surface area contributed by atoms with Crippen molar-refractivity contribution in [1.82, 2.24) is 0 Å². The predicted octanol–water partition coefficient (Wildman–Crippen LogP) is 4.01. The number of anilines is 1. The standard InChI is InChI=1S/C18H25NO5/c1-18(2,3)24-17(22)19-14-8-7-12(9-15(14)23-4)13(10-16(20)21)11-5-6-11/h7-9,11,13H,5-6,10H2,1-4H3,(H,19,22)(H,20,21). The van der Waals surface area contributed by atoms with Crippen LogP contribution in [0.4, 0.5) is 10.5 Å². The van der Waals surface area contributed by atoms with Crippen molar-refractivity contribution in [3.8, 4) is 5.75 Å². The molecule has 6 nitrogen and oxygen atoms in total. The molecule has 1 amide bonds. The lowest BCUT2D eigenvalue weighted by Gasteiger charge is -2.21. The lowest BCUT2D eigenvalue weighted by Crippen LogP contribution is -2.27. The molecular formula is C18H25NO5. The molecule has 1 unspecified atom stereocenters. The van der Waals surface area contributed by atoms with Crippen LogP contribution in [0.2, 0.25) is 0 Å². The summed E-state index contributed by atoms with van der Waals surface area (Å²) < 4.78 is 10.6. The summed E-state index contributed by atoms with van der Waals surface area (Å²) in [6.45, 7) is 5.37. The van der Waals surface area contributed by atoms with Crippen LogP contribution in [0.3, 0.4) is 0 Å². The SMILES string of the molecule is COc1cc(C(CC(=O)O)C2CC2)ccc1NC(=O)OC(C)(C)C. The van der Waals surface area contributed by atoms with Crippen LogP contribution in [0.25, 0.3) is 0 Å². The van der Waals surface area contributed by atoms with Crippen molar-refractivity contribution in [3.05, 3.63) is 23.8 Å². The molecule has 24 heavy (non-hydrogen) atoms. The van der Waals surface area contributed by atoms with Gasteiger partial charge in [-0.2, -0.15) is 0 Å². The summed E-state index contributed by atoms with van der Waals surface area (Å²) in [6, 6.07) is 5.38. The number of amides is 1. The van der Waals surface area contributed by atoms with Gasteiger partial charge in [-0.25, -0.2) is 4.79 Å². The first-order valence-corrected chi connectivity index (χ1v) is 8.09. The number of carbonyl (C=O) groups excluding carboxylic acids is 1. The van der Waals surface area contributed by atoms with Crippen molar-refractivity contribution >= 4 is 17.7 Å². The number of carboxylic acid groups (broad SMARTS) is 1. The molecule has 0 heterocycles. The van der Waals surface area contributed by atoms with Gasteiger partial charge in [-0.05, 0) is 63.1 Å². The van der Waals surface area contributed by atoms with Crippen LogP contribution in [0.15, 0.2) is 18.2 Å². The fraction of sp³-hybridized carbons (Fsp3) is 0.556. The zero-order valence-corrected chi connectivity index (χ0v) is 14.6. The van der Waals surface area contributed by atoms with E-state index in [-0.39, 0.29) is 12.3 Å². The van der Waals surface area contributed by atoms with Gasteiger partial charge in [-0.3, -0.25) is 10.1 Å². The van der Waals surface area contributed by atoms with E-state index < -0.39 is 17.7 Å². The number of carboxylic acids is 1. The molecule has 6 heteroatoms. The van der Waals surface area contributed by atoms with E-state index in [0.29, 0.717) is 17.4 Å². The van der Waals surface area contributed by atoms with Gasteiger partial charge in [0.15, 0.2) is 0 Å². The first kappa shape index (κ1) is 18.1. The van der Waals surface area contributed by atoms with Crippen molar-refractivity contribution in [2.45, 2.75) is 51.6 Å². The van der Waals surface area contributed by atoms with Gasteiger partial charge in [-0.15, -0.1) is 0 Å². The molecule has 0 spiro atoms. The lowest BCUT2D eigenvalue weighted by molar-refractivity contribution is -0.137. The Morgan fingerprint density at radius 2 is 2.00 bits per heavy atom. The van der Waals surface area contributed by atoms with E-state index in [0.717, 1.165) is 18.4 Å². The van der Waals surface area contributed by atoms with Gasteiger partial charge in [0.2, 0.25) is 0 Å². The third-order valence-electron chi connectivity index (χ3n) is 3.87. The van der Waals surface area contributed by atoms with Gasteiger partial charge in [-0.1, -0.05) is 6.07 Å². The maximum Gasteiger partial charge on any atom is 0.412 e. The fourth-order valence-corrected chi connectivity index (χ4v) is 2.70. The number of methoxy groups -OCH3 is 1. The van der Waals surface area contributed by atoms with Crippen LogP contribution in [-0.2, 0) is 9.53 Å². The van der Waals surface area contributed by atoms with E-state index in [1.807, 2.05) is 6.07 Å². The van der Waals surface area contributed by atoms with Crippen molar-refractivity contribution in [2.24, 2.45) is 5.92 Å². The highest BCUT2D eigenvalue weighted by Crippen LogP contribution is 2.45.